The topological polar surface area (TPSA) is 35.6 Å². The summed E-state index contributed by atoms with van der Waals surface area (Å²) in [5.41, 5.74) is 2.89. The zero-order valence-corrected chi connectivity index (χ0v) is 70.7. The lowest BCUT2D eigenvalue weighted by Crippen LogP contribution is -1.83. The first kappa shape index (κ1) is 153. The quantitative estimate of drug-likeness (QED) is 0.0931. The minimum atomic E-state index is 0. The number of nitrogens with zero attached hydrogens (tertiary/aromatic N) is 4. The molecule has 0 unspecified atom stereocenters. The van der Waals surface area contributed by atoms with Crippen LogP contribution in [0.15, 0.2) is 97.6 Å². The van der Waals surface area contributed by atoms with Crippen molar-refractivity contribution in [1.29, 1.82) is 0 Å². The van der Waals surface area contributed by atoms with E-state index in [1.54, 1.807) is 21.8 Å². The lowest BCUT2D eigenvalue weighted by atomic mass is 10.1. The predicted octanol–water partition coefficient (Wildman–Crippen LogP) is 35.4. The smallest absolute Gasteiger partial charge is 0.0489 e. The number of rotatable bonds is 18. The fourth-order valence-electron chi connectivity index (χ4n) is 4.78. The third kappa shape index (κ3) is 268. The molecule has 92 heavy (non-hydrogen) atoms. The summed E-state index contributed by atoms with van der Waals surface area (Å²) < 4.78 is 3.50. The van der Waals surface area contributed by atoms with Gasteiger partial charge in [0, 0.05) is 38.9 Å². The third-order valence-corrected chi connectivity index (χ3v) is 9.22. The Bertz CT molecular complexity index is 1090. The molecule has 4 aromatic rings. The molecular weight excluding hydrogens is 1110 g/mol. The SMILES string of the molecule is C.C.C.C.CC.CC.CC.CC.CC.CC.CC.CC.CC.CC.CC.CC.CCCC.CCCC.CCCCC(C)C.CCCCC(C)C.CCCCCC.CCCCCC.CCCc1ccccc1.CCCc1ccccc1.Cn1cccn1.Cn1cccn1. The van der Waals surface area contributed by atoms with Gasteiger partial charge < -0.3 is 0 Å². The molecule has 0 saturated carbocycles. The zero-order valence-electron chi connectivity index (χ0n) is 70.7. The molecule has 0 aliphatic heterocycles. The summed E-state index contributed by atoms with van der Waals surface area (Å²) in [5.74, 6) is 1.81. The van der Waals surface area contributed by atoms with Crippen molar-refractivity contribution >= 4 is 0 Å². The molecule has 4 heteroatoms. The van der Waals surface area contributed by atoms with Crippen molar-refractivity contribution in [3.63, 3.8) is 0 Å². The van der Waals surface area contributed by atoms with Crippen molar-refractivity contribution in [3.05, 3.63) is 109 Å². The largest absolute Gasteiger partial charge is 0.276 e. The van der Waals surface area contributed by atoms with Crippen molar-refractivity contribution in [2.45, 2.75) is 448 Å². The summed E-state index contributed by atoms with van der Waals surface area (Å²) in [6.45, 7) is 83.6. The van der Waals surface area contributed by atoms with Crippen molar-refractivity contribution in [1.82, 2.24) is 19.6 Å². The lowest BCUT2D eigenvalue weighted by molar-refractivity contribution is 0.550. The highest BCUT2D eigenvalue weighted by Crippen LogP contribution is 2.05. The molecule has 0 saturated heterocycles. The summed E-state index contributed by atoms with van der Waals surface area (Å²) in [6.07, 6.45) is 36.8. The molecule has 2 heterocycles. The van der Waals surface area contributed by atoms with Crippen LogP contribution in [0, 0.1) is 11.8 Å². The Kier molecular flexibility index (Phi) is 367. The van der Waals surface area contributed by atoms with Gasteiger partial charge in [0.2, 0.25) is 0 Å². The monoisotopic (exact) mass is 1320 g/mol. The second-order valence-corrected chi connectivity index (χ2v) is 17.3. The van der Waals surface area contributed by atoms with Crippen LogP contribution >= 0.6 is 0 Å². The number of hydrogen-bond donors (Lipinski definition) is 0. The predicted molar refractivity (Wildman–Crippen MR) is 460 cm³/mol. The van der Waals surface area contributed by atoms with E-state index < -0.39 is 0 Å². The molecule has 0 radical (unpaired) electrons. The van der Waals surface area contributed by atoms with Crippen LogP contribution in [-0.4, -0.2) is 19.6 Å². The van der Waals surface area contributed by atoms with Gasteiger partial charge >= 0.3 is 0 Å². The average Bonchev–Trinajstić information content (AvgIpc) is 4.50. The van der Waals surface area contributed by atoms with E-state index in [2.05, 4.69) is 182 Å². The Morgan fingerprint density at radius 1 is 0.261 bits per heavy atom. The number of aryl methyl sites for hydroxylation is 4. The number of aromatic nitrogens is 4. The van der Waals surface area contributed by atoms with Crippen LogP contribution in [0.1, 0.15) is 446 Å². The van der Waals surface area contributed by atoms with E-state index in [0.717, 1.165) is 11.8 Å². The number of unbranched alkanes of at least 4 members (excludes halogenated alkanes) is 10. The second kappa shape index (κ2) is 220. The maximum atomic E-state index is 3.83. The normalized spacial score (nSPS) is 7.17. The van der Waals surface area contributed by atoms with Gasteiger partial charge in [-0.05, 0) is 47.9 Å². The van der Waals surface area contributed by atoms with Crippen molar-refractivity contribution in [2.24, 2.45) is 25.9 Å². The van der Waals surface area contributed by atoms with Gasteiger partial charge in [-0.3, -0.25) is 9.36 Å². The van der Waals surface area contributed by atoms with Gasteiger partial charge in [-0.25, -0.2) is 0 Å². The Labute approximate surface area is 599 Å². The number of hydrogen-bond acceptors (Lipinski definition) is 2. The van der Waals surface area contributed by atoms with Gasteiger partial charge in [-0.15, -0.1) is 0 Å². The molecule has 0 spiro atoms. The Hall–Kier alpha value is -3.14. The highest BCUT2D eigenvalue weighted by Gasteiger charge is 1.90. The van der Waals surface area contributed by atoms with E-state index in [0.29, 0.717) is 0 Å². The lowest BCUT2D eigenvalue weighted by Gasteiger charge is -1.98. The Morgan fingerprint density at radius 3 is 0.533 bits per heavy atom. The Morgan fingerprint density at radius 2 is 0.446 bits per heavy atom. The average molecular weight is 1320 g/mol. The first-order chi connectivity index (χ1) is 42.8. The molecule has 4 nitrogen and oxygen atoms in total. The van der Waals surface area contributed by atoms with Crippen LogP contribution in [0.5, 0.6) is 0 Å². The maximum absolute atomic E-state index is 3.83. The minimum Gasteiger partial charge on any atom is -0.276 e. The van der Waals surface area contributed by atoms with E-state index in [-0.39, 0.29) is 29.7 Å². The summed E-state index contributed by atoms with van der Waals surface area (Å²) >= 11 is 0. The van der Waals surface area contributed by atoms with Gasteiger partial charge in [0.15, 0.2) is 0 Å². The first-order valence-corrected chi connectivity index (χ1v) is 38.8. The maximum Gasteiger partial charge on any atom is 0.0489 e. The molecule has 2 aromatic carbocycles. The molecule has 0 N–H and O–H groups in total. The molecule has 4 rings (SSSR count). The Balaban J connectivity index is -0.0000000285. The highest BCUT2D eigenvalue weighted by atomic mass is 15.2. The summed E-state index contributed by atoms with van der Waals surface area (Å²) in [7, 11) is 3.78. The van der Waals surface area contributed by atoms with E-state index in [1.807, 2.05) is 205 Å². The summed E-state index contributed by atoms with van der Waals surface area (Å²) in [5, 5.41) is 7.67. The summed E-state index contributed by atoms with van der Waals surface area (Å²) in [6, 6.07) is 24.9. The van der Waals surface area contributed by atoms with Crippen LogP contribution in [-0.2, 0) is 26.9 Å². The van der Waals surface area contributed by atoms with Gasteiger partial charge in [0.1, 0.15) is 0 Å². The van der Waals surface area contributed by atoms with Gasteiger partial charge in [0.05, 0.1) is 0 Å². The molecule has 576 valence electrons. The molecule has 0 atom stereocenters. The van der Waals surface area contributed by atoms with Crippen LogP contribution in [0.4, 0.5) is 0 Å². The fourth-order valence-corrected chi connectivity index (χ4v) is 4.78. The second-order valence-electron chi connectivity index (χ2n) is 17.3. The van der Waals surface area contributed by atoms with Crippen molar-refractivity contribution in [3.8, 4) is 0 Å². The van der Waals surface area contributed by atoms with E-state index >= 15 is 0 Å². The molecular formula is C88H204N4. The van der Waals surface area contributed by atoms with Crippen LogP contribution in [0.3, 0.4) is 0 Å². The van der Waals surface area contributed by atoms with Crippen LogP contribution in [0.2, 0.25) is 0 Å². The first-order valence-electron chi connectivity index (χ1n) is 38.8. The van der Waals surface area contributed by atoms with E-state index in [1.165, 1.54) is 152 Å². The number of benzene rings is 2. The van der Waals surface area contributed by atoms with Gasteiger partial charge in [0.25, 0.3) is 0 Å². The molecule has 2 aromatic heterocycles. The van der Waals surface area contributed by atoms with E-state index in [4.69, 9.17) is 0 Å². The van der Waals surface area contributed by atoms with Crippen molar-refractivity contribution in [2.75, 3.05) is 0 Å². The highest BCUT2D eigenvalue weighted by molar-refractivity contribution is 5.15. The van der Waals surface area contributed by atoms with Crippen LogP contribution < -0.4 is 0 Å². The van der Waals surface area contributed by atoms with Crippen molar-refractivity contribution < 1.29 is 0 Å². The molecule has 0 aliphatic carbocycles. The van der Waals surface area contributed by atoms with Crippen LogP contribution in [0.25, 0.3) is 0 Å². The molecule has 0 bridgehead atoms. The molecule has 0 aliphatic rings. The fraction of sp³-hybridized carbons (Fsp3) is 0.795. The molecule has 0 fully saturated rings. The molecule has 0 amide bonds. The van der Waals surface area contributed by atoms with E-state index in [9.17, 15) is 0 Å². The van der Waals surface area contributed by atoms with Gasteiger partial charge in [-0.2, -0.15) is 10.2 Å². The van der Waals surface area contributed by atoms with Gasteiger partial charge in [-0.1, -0.05) is 496 Å². The standard InChI is InChI=1S/2C9H12.2C7H16.2C6H14.2C4H6N2.2C4H10.12C2H6.4CH4/c2*1-2-6-9-7-4-3-5-8-9;2*1-4-5-6-7(2)3;2*1-3-5-6-4-2;2*1-6-4-2-3-5-6;2*1-3-4-2;12*1-2;;;;/h2*3-5,7-8H,2,6H2,1H3;2*7H,4-6H2,1-3H3;2*3-6H2,1-2H3;2*2-4H,1H3;2*3-4H2,1-2H3;12*1-2H3;4*1H4. The zero-order chi connectivity index (χ0) is 73.7. The minimum absolute atomic E-state index is 0. The third-order valence-electron chi connectivity index (χ3n) is 9.22. The summed E-state index contributed by atoms with van der Waals surface area (Å²) in [4.78, 5) is 0.